The first-order valence-corrected chi connectivity index (χ1v) is 12.3. The SMILES string of the molecule is C=C1CC[C@@H](O)C/C1=C/C=C1\CCC[C@@]2(C)[C@H]1CC[C@@H]2[C@](C)(O)CCCC(C)CO. The topological polar surface area (TPSA) is 60.7 Å². The van der Waals surface area contributed by atoms with E-state index in [1.807, 2.05) is 0 Å². The predicted molar refractivity (Wildman–Crippen MR) is 124 cm³/mol. The molecule has 30 heavy (non-hydrogen) atoms. The lowest BCUT2D eigenvalue weighted by Crippen LogP contribution is -2.45. The van der Waals surface area contributed by atoms with Gasteiger partial charge in [0.15, 0.2) is 0 Å². The minimum Gasteiger partial charge on any atom is -0.396 e. The van der Waals surface area contributed by atoms with Gasteiger partial charge in [-0.15, -0.1) is 0 Å². The van der Waals surface area contributed by atoms with Gasteiger partial charge in [-0.3, -0.25) is 0 Å². The summed E-state index contributed by atoms with van der Waals surface area (Å²) in [5.74, 6) is 1.21. The number of allylic oxidation sites excluding steroid dienone is 4. The van der Waals surface area contributed by atoms with E-state index in [1.54, 1.807) is 0 Å². The third-order valence-electron chi connectivity index (χ3n) is 8.59. The lowest BCUT2D eigenvalue weighted by molar-refractivity contribution is -0.0660. The Morgan fingerprint density at radius 1 is 1.23 bits per heavy atom. The third kappa shape index (κ3) is 5.11. The first-order chi connectivity index (χ1) is 14.2. The van der Waals surface area contributed by atoms with Crippen molar-refractivity contribution in [1.82, 2.24) is 0 Å². The first kappa shape index (κ1) is 23.8. The molecule has 6 atom stereocenters. The average molecular weight is 417 g/mol. The van der Waals surface area contributed by atoms with E-state index in [-0.39, 0.29) is 18.1 Å². The summed E-state index contributed by atoms with van der Waals surface area (Å²) in [6.07, 6.45) is 15.4. The van der Waals surface area contributed by atoms with Gasteiger partial charge in [0.05, 0.1) is 11.7 Å². The molecular weight excluding hydrogens is 372 g/mol. The Balaban J connectivity index is 1.72. The predicted octanol–water partition coefficient (Wildman–Crippen LogP) is 5.71. The minimum absolute atomic E-state index is 0.164. The summed E-state index contributed by atoms with van der Waals surface area (Å²) in [6.45, 7) is 11.0. The largest absolute Gasteiger partial charge is 0.396 e. The zero-order chi connectivity index (χ0) is 21.9. The third-order valence-corrected chi connectivity index (χ3v) is 8.59. The van der Waals surface area contributed by atoms with Gasteiger partial charge in [-0.2, -0.15) is 0 Å². The van der Waals surface area contributed by atoms with Crippen LogP contribution >= 0.6 is 0 Å². The van der Waals surface area contributed by atoms with E-state index in [2.05, 4.69) is 39.5 Å². The molecule has 3 aliphatic rings. The number of fused-ring (bicyclic) bond motifs is 1. The Labute approximate surface area is 184 Å². The fourth-order valence-corrected chi connectivity index (χ4v) is 6.73. The molecule has 170 valence electrons. The highest BCUT2D eigenvalue weighted by Gasteiger charge is 2.54. The Morgan fingerprint density at radius 3 is 2.73 bits per heavy atom. The van der Waals surface area contributed by atoms with E-state index in [0.29, 0.717) is 17.8 Å². The van der Waals surface area contributed by atoms with Crippen LogP contribution in [-0.2, 0) is 0 Å². The highest BCUT2D eigenvalue weighted by molar-refractivity contribution is 5.36. The molecule has 0 amide bonds. The summed E-state index contributed by atoms with van der Waals surface area (Å²) in [7, 11) is 0. The van der Waals surface area contributed by atoms with Gasteiger partial charge in [0.25, 0.3) is 0 Å². The Hall–Kier alpha value is -0.900. The molecule has 3 fully saturated rings. The van der Waals surface area contributed by atoms with Crippen molar-refractivity contribution in [3.63, 3.8) is 0 Å². The summed E-state index contributed by atoms with van der Waals surface area (Å²) in [5.41, 5.74) is 3.46. The van der Waals surface area contributed by atoms with Crippen LogP contribution in [0.5, 0.6) is 0 Å². The maximum Gasteiger partial charge on any atom is 0.0653 e. The van der Waals surface area contributed by atoms with E-state index in [4.69, 9.17) is 0 Å². The molecule has 3 nitrogen and oxygen atoms in total. The van der Waals surface area contributed by atoms with Crippen molar-refractivity contribution in [1.29, 1.82) is 0 Å². The normalized spacial score (nSPS) is 37.9. The van der Waals surface area contributed by atoms with Crippen molar-refractivity contribution < 1.29 is 15.3 Å². The quantitative estimate of drug-likeness (QED) is 0.498. The summed E-state index contributed by atoms with van der Waals surface area (Å²) >= 11 is 0. The van der Waals surface area contributed by atoms with Crippen molar-refractivity contribution >= 4 is 0 Å². The van der Waals surface area contributed by atoms with Crippen LogP contribution in [-0.4, -0.2) is 33.6 Å². The van der Waals surface area contributed by atoms with E-state index < -0.39 is 5.60 Å². The van der Waals surface area contributed by atoms with E-state index in [9.17, 15) is 15.3 Å². The van der Waals surface area contributed by atoms with Crippen molar-refractivity contribution in [2.45, 2.75) is 103 Å². The minimum atomic E-state index is -0.638. The summed E-state index contributed by atoms with van der Waals surface area (Å²) < 4.78 is 0. The highest BCUT2D eigenvalue weighted by Crippen LogP contribution is 2.60. The molecule has 3 saturated carbocycles. The molecule has 3 N–H and O–H groups in total. The smallest absolute Gasteiger partial charge is 0.0653 e. The van der Waals surface area contributed by atoms with Crippen LogP contribution in [0.2, 0.25) is 0 Å². The standard InChI is InChI=1S/C27H44O3/c1-19(18-28)7-5-16-27(4,30)25-14-13-24-21(8-6-15-26(24,25)3)10-11-22-17-23(29)12-9-20(22)2/h10-11,19,23-25,28-30H,2,5-9,12-18H2,1,3-4H3/b21-10+,22-11-/t19?,23-,24+,25+,26+,27-/m1/s1. The molecule has 3 heteroatoms. The van der Waals surface area contributed by atoms with Crippen molar-refractivity contribution in [2.24, 2.45) is 23.2 Å². The van der Waals surface area contributed by atoms with Crippen LogP contribution in [0.3, 0.4) is 0 Å². The molecule has 3 rings (SSSR count). The van der Waals surface area contributed by atoms with Crippen LogP contribution < -0.4 is 0 Å². The van der Waals surface area contributed by atoms with Crippen LogP contribution in [0.15, 0.2) is 35.5 Å². The zero-order valence-electron chi connectivity index (χ0n) is 19.5. The van der Waals surface area contributed by atoms with Gasteiger partial charge in [0, 0.05) is 6.61 Å². The van der Waals surface area contributed by atoms with Crippen LogP contribution in [0, 0.1) is 23.2 Å². The van der Waals surface area contributed by atoms with Crippen molar-refractivity contribution in [3.05, 3.63) is 35.5 Å². The number of aliphatic hydroxyl groups excluding tert-OH is 2. The van der Waals surface area contributed by atoms with Gasteiger partial charge in [0.1, 0.15) is 0 Å². The fraction of sp³-hybridized carbons (Fsp3) is 0.778. The average Bonchev–Trinajstić information content (AvgIpc) is 3.06. The second kappa shape index (κ2) is 9.71. The molecular formula is C27H44O3. The van der Waals surface area contributed by atoms with E-state index in [0.717, 1.165) is 51.4 Å². The monoisotopic (exact) mass is 416 g/mol. The van der Waals surface area contributed by atoms with Gasteiger partial charge in [-0.1, -0.05) is 50.1 Å². The number of hydrogen-bond donors (Lipinski definition) is 3. The molecule has 0 aromatic rings. The summed E-state index contributed by atoms with van der Waals surface area (Å²) in [4.78, 5) is 0. The number of rotatable bonds is 7. The van der Waals surface area contributed by atoms with Crippen LogP contribution in [0.25, 0.3) is 0 Å². The Morgan fingerprint density at radius 2 is 2.00 bits per heavy atom. The Bertz CT molecular complexity index is 674. The summed E-state index contributed by atoms with van der Waals surface area (Å²) in [5, 5.41) is 30.8. The lowest BCUT2D eigenvalue weighted by atomic mass is 9.59. The van der Waals surface area contributed by atoms with Crippen molar-refractivity contribution in [2.75, 3.05) is 6.61 Å². The first-order valence-electron chi connectivity index (χ1n) is 12.3. The molecule has 0 aliphatic heterocycles. The lowest BCUT2D eigenvalue weighted by Gasteiger charge is -2.47. The maximum absolute atomic E-state index is 11.5. The molecule has 1 unspecified atom stereocenters. The molecule has 0 spiro atoms. The maximum atomic E-state index is 11.5. The van der Waals surface area contributed by atoms with Crippen LogP contribution in [0.4, 0.5) is 0 Å². The fourth-order valence-electron chi connectivity index (χ4n) is 6.73. The molecule has 0 saturated heterocycles. The second-order valence-electron chi connectivity index (χ2n) is 11.0. The van der Waals surface area contributed by atoms with E-state index >= 15 is 0 Å². The second-order valence-corrected chi connectivity index (χ2v) is 11.0. The zero-order valence-corrected chi connectivity index (χ0v) is 19.5. The van der Waals surface area contributed by atoms with Gasteiger partial charge in [-0.25, -0.2) is 0 Å². The van der Waals surface area contributed by atoms with Crippen LogP contribution in [0.1, 0.15) is 91.4 Å². The number of aliphatic hydroxyl groups is 3. The van der Waals surface area contributed by atoms with Gasteiger partial charge in [0.2, 0.25) is 0 Å². The summed E-state index contributed by atoms with van der Waals surface area (Å²) in [6, 6.07) is 0. The molecule has 0 aromatic carbocycles. The Kier molecular flexibility index (Phi) is 7.69. The molecule has 0 aromatic heterocycles. The van der Waals surface area contributed by atoms with Gasteiger partial charge < -0.3 is 15.3 Å². The van der Waals surface area contributed by atoms with Gasteiger partial charge in [-0.05, 0) is 99.9 Å². The molecule has 3 aliphatic carbocycles. The molecule has 0 bridgehead atoms. The van der Waals surface area contributed by atoms with E-state index in [1.165, 1.54) is 36.0 Å². The number of hydrogen-bond acceptors (Lipinski definition) is 3. The molecule has 0 radical (unpaired) electrons. The van der Waals surface area contributed by atoms with Crippen molar-refractivity contribution in [3.8, 4) is 0 Å². The van der Waals surface area contributed by atoms with Gasteiger partial charge >= 0.3 is 0 Å². The molecule has 0 heterocycles. The highest BCUT2D eigenvalue weighted by atomic mass is 16.3.